The number of aliphatic hydroxyl groups is 1. The maximum Gasteiger partial charge on any atom is 0.0936 e. The van der Waals surface area contributed by atoms with Gasteiger partial charge in [0.1, 0.15) is 0 Å². The van der Waals surface area contributed by atoms with Gasteiger partial charge in [0.25, 0.3) is 0 Å². The zero-order chi connectivity index (χ0) is 20.0. The number of aliphatic hydroxyl groups excluding tert-OH is 1. The van der Waals surface area contributed by atoms with Crippen molar-refractivity contribution in [2.24, 2.45) is 0 Å². The summed E-state index contributed by atoms with van der Waals surface area (Å²) in [5.74, 6) is 0. The van der Waals surface area contributed by atoms with E-state index < -0.39 is 6.10 Å². The number of aromatic nitrogens is 1. The van der Waals surface area contributed by atoms with Crippen molar-refractivity contribution in [3.63, 3.8) is 0 Å². The molecule has 3 heterocycles. The maximum atomic E-state index is 10.9. The summed E-state index contributed by atoms with van der Waals surface area (Å²) >= 11 is 7.19. The molecule has 2 aliphatic heterocycles. The molecule has 0 spiro atoms. The molecule has 1 aromatic heterocycles. The molecule has 7 heteroatoms. The molecule has 154 valence electrons. The summed E-state index contributed by atoms with van der Waals surface area (Å²) in [5.41, 5.74) is 2.32. The number of β-amino-alcohol motifs (C(OH)–C–C–N with tert-alkyl or cyclic N) is 1. The van der Waals surface area contributed by atoms with Gasteiger partial charge >= 0.3 is 0 Å². The third kappa shape index (κ3) is 4.40. The van der Waals surface area contributed by atoms with Gasteiger partial charge in [0.2, 0.25) is 0 Å². The third-order valence-corrected chi connectivity index (χ3v) is 6.97. The molecule has 2 saturated heterocycles. The molecular weight excluding hydrogens is 498 g/mol. The smallest absolute Gasteiger partial charge is 0.0936 e. The van der Waals surface area contributed by atoms with Crippen molar-refractivity contribution in [2.45, 2.75) is 18.8 Å². The lowest BCUT2D eigenvalue weighted by atomic mass is 10.2. The van der Waals surface area contributed by atoms with Gasteiger partial charge in [-0.2, -0.15) is 0 Å². The topological polar surface area (TPSA) is 44.2 Å². The number of nitrogens with zero attached hydrogens (tertiary/aromatic N) is 3. The molecule has 0 aliphatic carbocycles. The molecule has 0 radical (unpaired) electrons. The van der Waals surface area contributed by atoms with Crippen LogP contribution in [0.2, 0.25) is 0 Å². The average Bonchev–Trinajstić information content (AvgIpc) is 3.47. The monoisotopic (exact) mass is 521 g/mol. The zero-order valence-electron chi connectivity index (χ0n) is 16.2. The van der Waals surface area contributed by atoms with Gasteiger partial charge in [-0.3, -0.25) is 9.80 Å². The molecule has 29 heavy (non-hydrogen) atoms. The Kier molecular flexibility index (Phi) is 5.71. The van der Waals surface area contributed by atoms with Crippen molar-refractivity contribution in [1.29, 1.82) is 0 Å². The van der Waals surface area contributed by atoms with Crippen molar-refractivity contribution in [3.05, 3.63) is 45.3 Å². The van der Waals surface area contributed by atoms with Gasteiger partial charge in [0.05, 0.1) is 25.4 Å². The number of rotatable bonds is 6. The lowest BCUT2D eigenvalue weighted by molar-refractivity contribution is 0.0635. The number of halogens is 2. The standard InChI is InChI=1S/C22H25Br2N3O2/c23-15-1-3-21-19(9-15)20-10-16(24)2-4-22(20)27(21)12-17(28)11-25-5-7-26(8-6-25)13-18-14-29-18/h1-4,9-10,17-18,28H,5-8,11-14H2. The minimum atomic E-state index is -0.403. The first-order chi connectivity index (χ1) is 14.1. The van der Waals surface area contributed by atoms with Crippen molar-refractivity contribution in [1.82, 2.24) is 14.4 Å². The molecule has 5 rings (SSSR count). The van der Waals surface area contributed by atoms with Gasteiger partial charge in [0.15, 0.2) is 0 Å². The second-order valence-corrected chi connectivity index (χ2v) is 9.98. The van der Waals surface area contributed by atoms with Crippen LogP contribution in [-0.2, 0) is 11.3 Å². The molecule has 0 amide bonds. The normalized spacial score (nSPS) is 21.8. The van der Waals surface area contributed by atoms with Crippen LogP contribution in [0.3, 0.4) is 0 Å². The van der Waals surface area contributed by atoms with E-state index in [1.807, 2.05) is 0 Å². The number of ether oxygens (including phenoxy) is 1. The quantitative estimate of drug-likeness (QED) is 0.501. The molecule has 2 aromatic carbocycles. The fraction of sp³-hybridized carbons (Fsp3) is 0.455. The Balaban J connectivity index is 1.31. The van der Waals surface area contributed by atoms with E-state index in [0.717, 1.165) is 59.3 Å². The van der Waals surface area contributed by atoms with Gasteiger partial charge in [-0.1, -0.05) is 31.9 Å². The first-order valence-corrected chi connectivity index (χ1v) is 11.8. The summed E-state index contributed by atoms with van der Waals surface area (Å²) in [4.78, 5) is 4.86. The molecular formula is C22H25Br2N3O2. The Bertz CT molecular complexity index is 966. The van der Waals surface area contributed by atoms with Crippen molar-refractivity contribution in [3.8, 4) is 0 Å². The largest absolute Gasteiger partial charge is 0.390 e. The zero-order valence-corrected chi connectivity index (χ0v) is 19.4. The van der Waals surface area contributed by atoms with Crippen molar-refractivity contribution in [2.75, 3.05) is 45.9 Å². The third-order valence-electron chi connectivity index (χ3n) is 5.98. The number of hydrogen-bond acceptors (Lipinski definition) is 4. The van der Waals surface area contributed by atoms with E-state index >= 15 is 0 Å². The Labute approximate surface area is 187 Å². The van der Waals surface area contributed by atoms with Crippen molar-refractivity contribution >= 4 is 53.7 Å². The number of piperazine rings is 1. The predicted molar refractivity (Wildman–Crippen MR) is 123 cm³/mol. The van der Waals surface area contributed by atoms with Crippen LogP contribution in [0, 0.1) is 0 Å². The molecule has 0 saturated carbocycles. The molecule has 2 aliphatic rings. The van der Waals surface area contributed by atoms with E-state index in [1.165, 1.54) is 10.8 Å². The highest BCUT2D eigenvalue weighted by atomic mass is 79.9. The summed E-state index contributed by atoms with van der Waals surface area (Å²) in [6, 6.07) is 12.7. The summed E-state index contributed by atoms with van der Waals surface area (Å²) < 4.78 is 9.74. The molecule has 2 unspecified atom stereocenters. The first-order valence-electron chi connectivity index (χ1n) is 10.2. The van der Waals surface area contributed by atoms with Crippen LogP contribution in [0.25, 0.3) is 21.8 Å². The SMILES string of the molecule is OC(CN1CCN(CC2CO2)CC1)Cn1c2ccc(Br)cc2c2cc(Br)ccc21. The second kappa shape index (κ2) is 8.29. The molecule has 1 N–H and O–H groups in total. The average molecular weight is 523 g/mol. The lowest BCUT2D eigenvalue weighted by Crippen LogP contribution is -2.49. The fourth-order valence-electron chi connectivity index (χ4n) is 4.43. The number of fused-ring (bicyclic) bond motifs is 3. The lowest BCUT2D eigenvalue weighted by Gasteiger charge is -2.35. The minimum Gasteiger partial charge on any atom is -0.390 e. The Morgan fingerprint density at radius 2 is 1.45 bits per heavy atom. The van der Waals surface area contributed by atoms with Crippen LogP contribution in [0.1, 0.15) is 0 Å². The molecule has 0 bridgehead atoms. The molecule has 2 atom stereocenters. The van der Waals surface area contributed by atoms with E-state index in [4.69, 9.17) is 4.74 Å². The highest BCUT2D eigenvalue weighted by Gasteiger charge is 2.28. The first kappa shape index (κ1) is 20.0. The van der Waals surface area contributed by atoms with Crippen LogP contribution in [0.15, 0.2) is 45.3 Å². The molecule has 2 fully saturated rings. The molecule has 5 nitrogen and oxygen atoms in total. The van der Waals surface area contributed by atoms with Gasteiger partial charge in [-0.25, -0.2) is 0 Å². The van der Waals surface area contributed by atoms with E-state index in [1.54, 1.807) is 0 Å². The van der Waals surface area contributed by atoms with E-state index in [-0.39, 0.29) is 0 Å². The summed E-state index contributed by atoms with van der Waals surface area (Å²) in [5, 5.41) is 13.3. The van der Waals surface area contributed by atoms with Crippen molar-refractivity contribution < 1.29 is 9.84 Å². The Morgan fingerprint density at radius 1 is 0.897 bits per heavy atom. The van der Waals surface area contributed by atoms with Crippen LogP contribution in [-0.4, -0.2) is 77.6 Å². The van der Waals surface area contributed by atoms with Crippen LogP contribution < -0.4 is 0 Å². The summed E-state index contributed by atoms with van der Waals surface area (Å²) in [6.45, 7) is 7.43. The molecule has 3 aromatic rings. The predicted octanol–water partition coefficient (Wildman–Crippen LogP) is 3.70. The van der Waals surface area contributed by atoms with E-state index in [0.29, 0.717) is 19.2 Å². The number of benzene rings is 2. The van der Waals surface area contributed by atoms with Crippen LogP contribution in [0.4, 0.5) is 0 Å². The Hall–Kier alpha value is -0.960. The highest BCUT2D eigenvalue weighted by Crippen LogP contribution is 2.33. The van der Waals surface area contributed by atoms with Crippen LogP contribution >= 0.6 is 31.9 Å². The maximum absolute atomic E-state index is 10.9. The second-order valence-electron chi connectivity index (χ2n) is 8.14. The van der Waals surface area contributed by atoms with Gasteiger partial charge in [0, 0.05) is 70.0 Å². The van der Waals surface area contributed by atoms with Gasteiger partial charge in [-0.05, 0) is 36.4 Å². The van der Waals surface area contributed by atoms with Crippen LogP contribution in [0.5, 0.6) is 0 Å². The van der Waals surface area contributed by atoms with E-state index in [9.17, 15) is 5.11 Å². The number of hydrogen-bond donors (Lipinski definition) is 1. The Morgan fingerprint density at radius 3 is 2.00 bits per heavy atom. The summed E-state index contributed by atoms with van der Waals surface area (Å²) in [6.07, 6.45) is 0.0573. The van der Waals surface area contributed by atoms with Gasteiger partial charge in [-0.15, -0.1) is 0 Å². The van der Waals surface area contributed by atoms with E-state index in [2.05, 4.69) is 82.6 Å². The summed E-state index contributed by atoms with van der Waals surface area (Å²) in [7, 11) is 0. The fourth-order valence-corrected chi connectivity index (χ4v) is 5.15. The minimum absolute atomic E-state index is 0.403. The number of epoxide rings is 1. The highest BCUT2D eigenvalue weighted by molar-refractivity contribution is 9.10. The van der Waals surface area contributed by atoms with Gasteiger partial charge < -0.3 is 14.4 Å².